The Hall–Kier alpha value is -3.00. The van der Waals surface area contributed by atoms with Crippen LogP contribution in [-0.4, -0.2) is 60.3 Å². The second kappa shape index (κ2) is 9.47. The van der Waals surface area contributed by atoms with Crippen molar-refractivity contribution in [1.82, 2.24) is 0 Å². The van der Waals surface area contributed by atoms with Crippen molar-refractivity contribution >= 4 is 11.9 Å². The summed E-state index contributed by atoms with van der Waals surface area (Å²) in [6.07, 6.45) is -3.27. The number of hydrogen-bond donors (Lipinski definition) is 2. The molecule has 2 aromatic rings. The van der Waals surface area contributed by atoms with Gasteiger partial charge in [-0.05, 0) is 35.9 Å². The summed E-state index contributed by atoms with van der Waals surface area (Å²) in [5.74, 6) is -1.25. The van der Waals surface area contributed by atoms with Gasteiger partial charge < -0.3 is 24.4 Å². The van der Waals surface area contributed by atoms with Gasteiger partial charge in [0, 0.05) is 7.11 Å². The third-order valence-corrected chi connectivity index (χ3v) is 4.65. The number of aliphatic hydroxyl groups is 2. The lowest BCUT2D eigenvalue weighted by molar-refractivity contribution is -0.111. The van der Waals surface area contributed by atoms with E-state index in [1.807, 2.05) is 0 Å². The Balaban J connectivity index is 1.72. The highest BCUT2D eigenvalue weighted by Crippen LogP contribution is 2.26. The molecule has 0 amide bonds. The number of hydrogen-bond acceptors (Lipinski definition) is 7. The van der Waals surface area contributed by atoms with Crippen LogP contribution in [-0.2, 0) is 14.2 Å². The smallest absolute Gasteiger partial charge is 0.338 e. The molecule has 0 saturated heterocycles. The second-order valence-corrected chi connectivity index (χ2v) is 6.56. The Morgan fingerprint density at radius 1 is 0.897 bits per heavy atom. The lowest BCUT2D eigenvalue weighted by Gasteiger charge is -2.36. The molecule has 7 heteroatoms. The number of methoxy groups -OCH3 is 1. The maximum absolute atomic E-state index is 12.4. The predicted octanol–water partition coefficient (Wildman–Crippen LogP) is 1.75. The van der Waals surface area contributed by atoms with Crippen molar-refractivity contribution in [3.8, 4) is 0 Å². The highest BCUT2D eigenvalue weighted by atomic mass is 16.6. The SMILES string of the molecule is COC1C=C(COC(=O)c2ccccc2)C(O)C(OC(=O)c2ccccc2)C1O. The molecule has 0 aliphatic heterocycles. The molecular weight excluding hydrogens is 376 g/mol. The molecule has 2 N–H and O–H groups in total. The summed E-state index contributed by atoms with van der Waals surface area (Å²) in [7, 11) is 1.38. The first-order chi connectivity index (χ1) is 14.0. The van der Waals surface area contributed by atoms with E-state index >= 15 is 0 Å². The lowest BCUT2D eigenvalue weighted by Crippen LogP contribution is -2.52. The largest absolute Gasteiger partial charge is 0.457 e. The number of esters is 2. The summed E-state index contributed by atoms with van der Waals surface area (Å²) >= 11 is 0. The fraction of sp³-hybridized carbons (Fsp3) is 0.273. The Labute approximate surface area is 168 Å². The van der Waals surface area contributed by atoms with E-state index < -0.39 is 36.4 Å². The van der Waals surface area contributed by atoms with Gasteiger partial charge in [0.25, 0.3) is 0 Å². The van der Waals surface area contributed by atoms with E-state index in [1.54, 1.807) is 60.7 Å². The van der Waals surface area contributed by atoms with Gasteiger partial charge in [-0.1, -0.05) is 36.4 Å². The molecule has 0 bridgehead atoms. The first-order valence-corrected chi connectivity index (χ1v) is 9.09. The van der Waals surface area contributed by atoms with Gasteiger partial charge >= 0.3 is 11.9 Å². The Bertz CT molecular complexity index is 863. The molecule has 1 aliphatic rings. The summed E-state index contributed by atoms with van der Waals surface area (Å²) in [4.78, 5) is 24.5. The average molecular weight is 398 g/mol. The molecule has 7 nitrogen and oxygen atoms in total. The standard InChI is InChI=1S/C22H22O7/c1-27-17-12-16(13-28-21(25)14-8-4-2-5-9-14)18(23)20(19(17)24)29-22(26)15-10-6-3-7-11-15/h2-12,17-20,23-24H,13H2,1H3. The van der Waals surface area contributed by atoms with Crippen LogP contribution in [0, 0.1) is 0 Å². The number of benzene rings is 2. The molecule has 4 atom stereocenters. The zero-order valence-electron chi connectivity index (χ0n) is 15.8. The van der Waals surface area contributed by atoms with Crippen LogP contribution in [0.2, 0.25) is 0 Å². The minimum atomic E-state index is -1.35. The fourth-order valence-corrected chi connectivity index (χ4v) is 3.04. The number of carbonyl (C=O) groups is 2. The van der Waals surface area contributed by atoms with Crippen LogP contribution in [0.15, 0.2) is 72.3 Å². The zero-order chi connectivity index (χ0) is 20.8. The van der Waals surface area contributed by atoms with Crippen LogP contribution in [0.1, 0.15) is 20.7 Å². The Morgan fingerprint density at radius 2 is 1.45 bits per heavy atom. The minimum absolute atomic E-state index is 0.235. The molecule has 152 valence electrons. The molecule has 2 aromatic carbocycles. The van der Waals surface area contributed by atoms with Crippen LogP contribution in [0.25, 0.3) is 0 Å². The van der Waals surface area contributed by atoms with Crippen molar-refractivity contribution in [2.24, 2.45) is 0 Å². The molecular formula is C22H22O7. The van der Waals surface area contributed by atoms with E-state index in [9.17, 15) is 19.8 Å². The number of ether oxygens (including phenoxy) is 3. The van der Waals surface area contributed by atoms with Crippen molar-refractivity contribution in [2.45, 2.75) is 24.4 Å². The summed E-state index contributed by atoms with van der Waals surface area (Å²) in [5.41, 5.74) is 0.929. The van der Waals surface area contributed by atoms with Crippen LogP contribution in [0.3, 0.4) is 0 Å². The van der Waals surface area contributed by atoms with E-state index in [2.05, 4.69) is 0 Å². The molecule has 0 heterocycles. The van der Waals surface area contributed by atoms with Gasteiger partial charge in [-0.15, -0.1) is 0 Å². The molecule has 29 heavy (non-hydrogen) atoms. The molecule has 4 unspecified atom stereocenters. The fourth-order valence-electron chi connectivity index (χ4n) is 3.04. The van der Waals surface area contributed by atoms with Crippen molar-refractivity contribution in [1.29, 1.82) is 0 Å². The highest BCUT2D eigenvalue weighted by Gasteiger charge is 2.41. The van der Waals surface area contributed by atoms with Gasteiger partial charge in [-0.2, -0.15) is 0 Å². The van der Waals surface area contributed by atoms with Gasteiger partial charge in [-0.3, -0.25) is 0 Å². The first-order valence-electron chi connectivity index (χ1n) is 9.09. The molecule has 0 spiro atoms. The predicted molar refractivity (Wildman–Crippen MR) is 103 cm³/mol. The monoisotopic (exact) mass is 398 g/mol. The summed E-state index contributed by atoms with van der Waals surface area (Å²) in [6.45, 7) is -0.235. The maximum Gasteiger partial charge on any atom is 0.338 e. The van der Waals surface area contributed by atoms with Crippen LogP contribution in [0.4, 0.5) is 0 Å². The minimum Gasteiger partial charge on any atom is -0.457 e. The van der Waals surface area contributed by atoms with Gasteiger partial charge in [0.1, 0.15) is 24.9 Å². The van der Waals surface area contributed by atoms with E-state index in [4.69, 9.17) is 14.2 Å². The summed E-state index contributed by atoms with van der Waals surface area (Å²) in [6, 6.07) is 16.7. The first kappa shape index (κ1) is 20.7. The Morgan fingerprint density at radius 3 is 2.00 bits per heavy atom. The second-order valence-electron chi connectivity index (χ2n) is 6.56. The van der Waals surface area contributed by atoms with Gasteiger partial charge in [0.15, 0.2) is 6.10 Å². The third-order valence-electron chi connectivity index (χ3n) is 4.65. The zero-order valence-corrected chi connectivity index (χ0v) is 15.8. The average Bonchev–Trinajstić information content (AvgIpc) is 2.77. The summed E-state index contributed by atoms with van der Waals surface area (Å²) in [5, 5.41) is 21.1. The number of rotatable bonds is 6. The molecule has 0 radical (unpaired) electrons. The third kappa shape index (κ3) is 4.89. The molecule has 0 saturated carbocycles. The number of carbonyl (C=O) groups excluding carboxylic acids is 2. The van der Waals surface area contributed by atoms with Gasteiger partial charge in [0.2, 0.25) is 0 Å². The Kier molecular flexibility index (Phi) is 6.77. The van der Waals surface area contributed by atoms with Gasteiger partial charge in [-0.25, -0.2) is 9.59 Å². The normalized spacial score (nSPS) is 23.8. The molecule has 1 aliphatic carbocycles. The van der Waals surface area contributed by atoms with E-state index in [0.29, 0.717) is 5.56 Å². The van der Waals surface area contributed by atoms with E-state index in [1.165, 1.54) is 13.2 Å². The van der Waals surface area contributed by atoms with Crippen molar-refractivity contribution in [2.75, 3.05) is 13.7 Å². The van der Waals surface area contributed by atoms with E-state index in [0.717, 1.165) is 0 Å². The van der Waals surface area contributed by atoms with Crippen molar-refractivity contribution < 1.29 is 34.0 Å². The van der Waals surface area contributed by atoms with Crippen LogP contribution < -0.4 is 0 Å². The quantitative estimate of drug-likeness (QED) is 0.564. The van der Waals surface area contributed by atoms with Crippen molar-refractivity contribution in [3.05, 3.63) is 83.4 Å². The van der Waals surface area contributed by atoms with Crippen LogP contribution >= 0.6 is 0 Å². The van der Waals surface area contributed by atoms with E-state index in [-0.39, 0.29) is 17.7 Å². The van der Waals surface area contributed by atoms with Gasteiger partial charge in [0.05, 0.1) is 11.1 Å². The topological polar surface area (TPSA) is 102 Å². The number of aliphatic hydroxyl groups excluding tert-OH is 2. The molecule has 0 fully saturated rings. The molecule has 3 rings (SSSR count). The van der Waals surface area contributed by atoms with Crippen molar-refractivity contribution in [3.63, 3.8) is 0 Å². The van der Waals surface area contributed by atoms with Crippen LogP contribution in [0.5, 0.6) is 0 Å². The molecule has 0 aromatic heterocycles. The lowest BCUT2D eigenvalue weighted by atomic mass is 9.89. The highest BCUT2D eigenvalue weighted by molar-refractivity contribution is 5.90. The maximum atomic E-state index is 12.4. The summed E-state index contributed by atoms with van der Waals surface area (Å²) < 4.78 is 15.8.